The Morgan fingerprint density at radius 3 is 2.68 bits per heavy atom. The van der Waals surface area contributed by atoms with Crippen LogP contribution in [0.3, 0.4) is 0 Å². The van der Waals surface area contributed by atoms with Gasteiger partial charge in [0, 0.05) is 0 Å². The van der Waals surface area contributed by atoms with Gasteiger partial charge >= 0.3 is 6.36 Å². The van der Waals surface area contributed by atoms with E-state index in [0.29, 0.717) is 0 Å². The minimum Gasteiger partial charge on any atom is -0.406 e. The molecule has 0 fully saturated rings. The van der Waals surface area contributed by atoms with Crippen molar-refractivity contribution in [2.75, 3.05) is 0 Å². The maximum atomic E-state index is 12.1. The Hall–Kier alpha value is -2.02. The number of rotatable bonds is 2. The zero-order chi connectivity index (χ0) is 14.0. The van der Waals surface area contributed by atoms with Gasteiger partial charge in [-0.05, 0) is 23.8 Å². The molecule has 0 aliphatic heterocycles. The molecule has 0 saturated heterocycles. The van der Waals surface area contributed by atoms with Crippen LogP contribution in [-0.4, -0.2) is 16.6 Å². The van der Waals surface area contributed by atoms with Crippen molar-refractivity contribution < 1.29 is 17.9 Å². The molecule has 0 spiro atoms. The zero-order valence-electron chi connectivity index (χ0n) is 9.16. The summed E-state index contributed by atoms with van der Waals surface area (Å²) in [5, 5.41) is 5.62. The van der Waals surface area contributed by atoms with Crippen LogP contribution in [0.1, 0.15) is 0 Å². The van der Waals surface area contributed by atoms with Crippen LogP contribution in [0, 0.1) is 0 Å². The Balaban J connectivity index is 2.43. The van der Waals surface area contributed by atoms with E-state index in [0.717, 1.165) is 12.1 Å². The third-order valence-corrected chi connectivity index (χ3v) is 2.34. The number of aromatic amines is 1. The van der Waals surface area contributed by atoms with Crippen molar-refractivity contribution in [3.63, 3.8) is 0 Å². The summed E-state index contributed by atoms with van der Waals surface area (Å²) in [7, 11) is 0. The fourth-order valence-electron chi connectivity index (χ4n) is 1.46. The molecule has 0 radical (unpaired) electrons. The van der Waals surface area contributed by atoms with Gasteiger partial charge in [-0.3, -0.25) is 4.79 Å². The molecule has 8 heteroatoms. The van der Waals surface area contributed by atoms with Gasteiger partial charge < -0.3 is 4.74 Å². The number of nitrogens with zero attached hydrogens (tertiary/aromatic N) is 1. The fourth-order valence-corrected chi connectivity index (χ4v) is 1.61. The van der Waals surface area contributed by atoms with E-state index in [-0.39, 0.29) is 16.3 Å². The average Bonchev–Trinajstić information content (AvgIpc) is 2.30. The van der Waals surface area contributed by atoms with Crippen LogP contribution < -0.4 is 10.3 Å². The second-order valence-corrected chi connectivity index (χ2v) is 3.90. The standard InChI is InChI=1S/C11H6ClF3N2O2/c12-9-5-8(10(18)17-16-9)6-2-1-3-7(4-6)19-11(13,14)15/h1-5H,(H,17,18). The topological polar surface area (TPSA) is 55.0 Å². The Labute approximate surface area is 109 Å². The molecule has 100 valence electrons. The number of ether oxygens (including phenoxy) is 1. The van der Waals surface area contributed by atoms with Crippen LogP contribution in [0.15, 0.2) is 35.1 Å². The molecular formula is C11H6ClF3N2O2. The van der Waals surface area contributed by atoms with Gasteiger partial charge in [0.1, 0.15) is 10.9 Å². The van der Waals surface area contributed by atoms with Gasteiger partial charge in [0.2, 0.25) is 0 Å². The number of aromatic nitrogens is 2. The lowest BCUT2D eigenvalue weighted by Crippen LogP contribution is -2.17. The molecule has 0 amide bonds. The van der Waals surface area contributed by atoms with Crippen molar-refractivity contribution in [1.29, 1.82) is 0 Å². The zero-order valence-corrected chi connectivity index (χ0v) is 9.92. The monoisotopic (exact) mass is 290 g/mol. The largest absolute Gasteiger partial charge is 0.573 e. The smallest absolute Gasteiger partial charge is 0.406 e. The molecule has 0 saturated carbocycles. The third-order valence-electron chi connectivity index (χ3n) is 2.15. The summed E-state index contributed by atoms with van der Waals surface area (Å²) in [5.41, 5.74) is -0.214. The third kappa shape index (κ3) is 3.47. The molecule has 1 aromatic heterocycles. The molecule has 0 atom stereocenters. The van der Waals surface area contributed by atoms with Gasteiger partial charge in [-0.15, -0.1) is 13.2 Å². The van der Waals surface area contributed by atoms with Crippen molar-refractivity contribution in [1.82, 2.24) is 10.2 Å². The Bertz CT molecular complexity index is 655. The normalized spacial score (nSPS) is 11.4. The molecule has 0 unspecified atom stereocenters. The first-order valence-corrected chi connectivity index (χ1v) is 5.34. The van der Waals surface area contributed by atoms with Crippen LogP contribution in [0.4, 0.5) is 13.2 Å². The molecule has 4 nitrogen and oxygen atoms in total. The lowest BCUT2D eigenvalue weighted by Gasteiger charge is -2.09. The highest BCUT2D eigenvalue weighted by atomic mass is 35.5. The molecule has 2 rings (SSSR count). The van der Waals surface area contributed by atoms with Crippen LogP contribution >= 0.6 is 11.6 Å². The Morgan fingerprint density at radius 2 is 2.00 bits per heavy atom. The van der Waals surface area contributed by atoms with Crippen molar-refractivity contribution in [2.24, 2.45) is 0 Å². The van der Waals surface area contributed by atoms with Gasteiger partial charge in [-0.2, -0.15) is 5.10 Å². The highest BCUT2D eigenvalue weighted by Crippen LogP contribution is 2.26. The minimum atomic E-state index is -4.79. The molecule has 0 aliphatic rings. The van der Waals surface area contributed by atoms with Crippen molar-refractivity contribution in [3.05, 3.63) is 45.8 Å². The number of alkyl halides is 3. The first kappa shape index (κ1) is 13.4. The Morgan fingerprint density at radius 1 is 1.26 bits per heavy atom. The number of H-pyrrole nitrogens is 1. The number of benzene rings is 1. The van der Waals surface area contributed by atoms with Crippen LogP contribution in [-0.2, 0) is 0 Å². The summed E-state index contributed by atoms with van der Waals surface area (Å²) in [4.78, 5) is 11.5. The maximum absolute atomic E-state index is 12.1. The molecular weight excluding hydrogens is 285 g/mol. The maximum Gasteiger partial charge on any atom is 0.573 e. The van der Waals surface area contributed by atoms with E-state index in [1.54, 1.807) is 0 Å². The molecule has 2 aromatic rings. The molecule has 1 N–H and O–H groups in total. The predicted octanol–water partition coefficient (Wildman–Crippen LogP) is 2.99. The van der Waals surface area contributed by atoms with Gasteiger partial charge in [0.05, 0.1) is 5.56 Å². The summed E-state index contributed by atoms with van der Waals surface area (Å²) in [5.74, 6) is -0.419. The SMILES string of the molecule is O=c1[nH]nc(Cl)cc1-c1cccc(OC(F)(F)F)c1. The average molecular weight is 291 g/mol. The quantitative estimate of drug-likeness (QED) is 0.925. The molecule has 0 aliphatic carbocycles. The second kappa shape index (κ2) is 4.93. The summed E-state index contributed by atoms with van der Waals surface area (Å²) in [6.07, 6.45) is -4.79. The second-order valence-electron chi connectivity index (χ2n) is 3.51. The van der Waals surface area contributed by atoms with Crippen molar-refractivity contribution in [2.45, 2.75) is 6.36 Å². The van der Waals surface area contributed by atoms with E-state index in [1.807, 2.05) is 0 Å². The summed E-state index contributed by atoms with van der Waals surface area (Å²) in [6.45, 7) is 0. The van der Waals surface area contributed by atoms with Crippen molar-refractivity contribution >= 4 is 11.6 Å². The highest BCUT2D eigenvalue weighted by molar-refractivity contribution is 6.29. The van der Waals surface area contributed by atoms with Gasteiger partial charge in [-0.1, -0.05) is 23.7 Å². The summed E-state index contributed by atoms with van der Waals surface area (Å²) >= 11 is 5.62. The predicted molar refractivity (Wildman–Crippen MR) is 62.0 cm³/mol. The molecule has 19 heavy (non-hydrogen) atoms. The molecule has 1 aromatic carbocycles. The molecule has 0 bridgehead atoms. The van der Waals surface area contributed by atoms with Gasteiger partial charge in [0.15, 0.2) is 0 Å². The first-order chi connectivity index (χ1) is 8.85. The van der Waals surface area contributed by atoms with E-state index in [1.165, 1.54) is 18.2 Å². The highest BCUT2D eigenvalue weighted by Gasteiger charge is 2.31. The minimum absolute atomic E-state index is 0.0248. The van der Waals surface area contributed by atoms with Crippen LogP contribution in [0.5, 0.6) is 5.75 Å². The Kier molecular flexibility index (Phi) is 3.48. The first-order valence-electron chi connectivity index (χ1n) is 4.96. The van der Waals surface area contributed by atoms with Crippen LogP contribution in [0.25, 0.3) is 11.1 Å². The summed E-state index contributed by atoms with van der Waals surface area (Å²) < 4.78 is 40.1. The van der Waals surface area contributed by atoms with Gasteiger partial charge in [-0.25, -0.2) is 5.10 Å². The van der Waals surface area contributed by atoms with E-state index in [2.05, 4.69) is 14.9 Å². The van der Waals surface area contributed by atoms with E-state index in [4.69, 9.17) is 11.6 Å². The lowest BCUT2D eigenvalue weighted by atomic mass is 10.1. The number of nitrogens with one attached hydrogen (secondary N) is 1. The van der Waals surface area contributed by atoms with Gasteiger partial charge in [0.25, 0.3) is 5.56 Å². The van der Waals surface area contributed by atoms with E-state index < -0.39 is 17.7 Å². The lowest BCUT2D eigenvalue weighted by molar-refractivity contribution is -0.274. The fraction of sp³-hybridized carbons (Fsp3) is 0.0909. The summed E-state index contributed by atoms with van der Waals surface area (Å²) in [6, 6.07) is 6.28. The van der Waals surface area contributed by atoms with Crippen LogP contribution in [0.2, 0.25) is 5.15 Å². The molecule has 1 heterocycles. The van der Waals surface area contributed by atoms with E-state index >= 15 is 0 Å². The number of hydrogen-bond donors (Lipinski definition) is 1. The number of halogens is 4. The van der Waals surface area contributed by atoms with E-state index in [9.17, 15) is 18.0 Å². The van der Waals surface area contributed by atoms with Crippen molar-refractivity contribution in [3.8, 4) is 16.9 Å². The number of hydrogen-bond acceptors (Lipinski definition) is 3.